The molecule has 11 heteroatoms. The highest BCUT2D eigenvalue weighted by atomic mass is 32.2. The molecule has 10 nitrogen and oxygen atoms in total. The molecule has 1 fully saturated rings. The lowest BCUT2D eigenvalue weighted by atomic mass is 10.2. The smallest absolute Gasteiger partial charge is 0.327 e. The number of benzene rings is 1. The van der Waals surface area contributed by atoms with Crippen molar-refractivity contribution in [2.75, 3.05) is 41.7 Å². The molecule has 0 bridgehead atoms. The molecule has 0 radical (unpaired) electrons. The van der Waals surface area contributed by atoms with Gasteiger partial charge in [0.1, 0.15) is 29.6 Å². The van der Waals surface area contributed by atoms with Crippen LogP contribution in [0.15, 0.2) is 83.8 Å². The van der Waals surface area contributed by atoms with E-state index in [0.717, 1.165) is 24.5 Å². The number of aliphatic carboxylic acids is 1. The van der Waals surface area contributed by atoms with Crippen molar-refractivity contribution in [2.45, 2.75) is 11.8 Å². The number of carbonyl (C=O) groups is 2. The number of pyridine rings is 1. The summed E-state index contributed by atoms with van der Waals surface area (Å²) in [5.41, 5.74) is 1.82. The maximum Gasteiger partial charge on any atom is 0.327 e. The first kappa shape index (κ1) is 26.2. The number of hydrogen-bond acceptors (Lipinski definition) is 9. The van der Waals surface area contributed by atoms with Gasteiger partial charge in [-0.05, 0) is 23.8 Å². The second-order valence-electron chi connectivity index (χ2n) is 8.97. The summed E-state index contributed by atoms with van der Waals surface area (Å²) in [6, 6.07) is 17.9. The van der Waals surface area contributed by atoms with Crippen molar-refractivity contribution in [3.8, 4) is 11.4 Å². The van der Waals surface area contributed by atoms with Crippen molar-refractivity contribution in [2.24, 2.45) is 0 Å². The largest absolute Gasteiger partial charge is 0.480 e. The SMILES string of the molecule is O=C(N[C@@H](CSCc1ccccc1)C(=O)O)c1cc(N2CCN(c3ccccn3)CC2)nc(-c2ccoc2)n1. The highest BCUT2D eigenvalue weighted by Crippen LogP contribution is 2.23. The second-order valence-corrected chi connectivity index (χ2v) is 10.0. The van der Waals surface area contributed by atoms with E-state index in [1.165, 1.54) is 24.3 Å². The lowest BCUT2D eigenvalue weighted by Crippen LogP contribution is -2.47. The molecule has 39 heavy (non-hydrogen) atoms. The Balaban J connectivity index is 1.30. The first-order valence-corrected chi connectivity index (χ1v) is 13.7. The molecule has 0 saturated carbocycles. The van der Waals surface area contributed by atoms with Gasteiger partial charge in [0.2, 0.25) is 0 Å². The van der Waals surface area contributed by atoms with Crippen molar-refractivity contribution < 1.29 is 19.1 Å². The summed E-state index contributed by atoms with van der Waals surface area (Å²) < 4.78 is 5.21. The van der Waals surface area contributed by atoms with E-state index < -0.39 is 17.9 Å². The topological polar surface area (TPSA) is 125 Å². The number of furan rings is 1. The van der Waals surface area contributed by atoms with E-state index in [1.807, 2.05) is 48.5 Å². The van der Waals surface area contributed by atoms with Gasteiger partial charge in [-0.25, -0.2) is 19.7 Å². The van der Waals surface area contributed by atoms with Gasteiger partial charge in [-0.15, -0.1) is 0 Å². The zero-order chi connectivity index (χ0) is 27.0. The van der Waals surface area contributed by atoms with Gasteiger partial charge >= 0.3 is 5.97 Å². The molecule has 1 atom stereocenters. The number of carbonyl (C=O) groups excluding carboxylic acids is 1. The van der Waals surface area contributed by atoms with Crippen LogP contribution in [0.5, 0.6) is 0 Å². The number of piperazine rings is 1. The number of rotatable bonds is 10. The molecule has 0 unspecified atom stereocenters. The molecule has 1 saturated heterocycles. The van der Waals surface area contributed by atoms with Crippen LogP contribution in [-0.4, -0.2) is 69.9 Å². The van der Waals surface area contributed by atoms with Gasteiger partial charge < -0.3 is 24.6 Å². The quantitative estimate of drug-likeness (QED) is 0.306. The molecule has 0 aliphatic carbocycles. The Kier molecular flexibility index (Phi) is 8.37. The maximum absolute atomic E-state index is 13.3. The molecule has 1 aliphatic rings. The summed E-state index contributed by atoms with van der Waals surface area (Å²) in [6.45, 7) is 2.83. The van der Waals surface area contributed by atoms with E-state index in [-0.39, 0.29) is 11.4 Å². The standard InChI is InChI=1S/C28H28N6O4S/c35-27(31-23(28(36)37)19-39-18-20-6-2-1-3-7-20)22-16-25(32-26(30-22)21-9-15-38-17-21)34-13-11-33(12-14-34)24-8-4-5-10-29-24/h1-10,15-17,23H,11-14,18-19H2,(H,31,35)(H,36,37)/t23-/m0/s1. The number of thioether (sulfide) groups is 1. The molecule has 4 heterocycles. The predicted molar refractivity (Wildman–Crippen MR) is 150 cm³/mol. The fourth-order valence-electron chi connectivity index (χ4n) is 4.21. The predicted octanol–water partition coefficient (Wildman–Crippen LogP) is 3.57. The zero-order valence-corrected chi connectivity index (χ0v) is 22.0. The fraction of sp³-hybridized carbons (Fsp3) is 0.250. The minimum atomic E-state index is -1.10. The van der Waals surface area contributed by atoms with E-state index in [0.29, 0.717) is 36.0 Å². The van der Waals surface area contributed by atoms with E-state index in [1.54, 1.807) is 18.3 Å². The Morgan fingerprint density at radius 2 is 1.72 bits per heavy atom. The van der Waals surface area contributed by atoms with Gasteiger partial charge in [-0.2, -0.15) is 11.8 Å². The number of amides is 1. The van der Waals surface area contributed by atoms with Crippen LogP contribution in [0, 0.1) is 0 Å². The molecule has 2 N–H and O–H groups in total. The molecule has 1 aromatic carbocycles. The first-order valence-electron chi connectivity index (χ1n) is 12.5. The fourth-order valence-corrected chi connectivity index (χ4v) is 5.22. The van der Waals surface area contributed by atoms with Gasteiger partial charge in [0.25, 0.3) is 5.91 Å². The van der Waals surface area contributed by atoms with Crippen molar-refractivity contribution in [1.82, 2.24) is 20.3 Å². The number of nitrogens with one attached hydrogen (secondary N) is 1. The van der Waals surface area contributed by atoms with Gasteiger partial charge in [-0.3, -0.25) is 4.79 Å². The Labute approximate surface area is 230 Å². The van der Waals surface area contributed by atoms with Gasteiger partial charge in [0.15, 0.2) is 5.82 Å². The van der Waals surface area contributed by atoms with E-state index in [2.05, 4.69) is 25.1 Å². The van der Waals surface area contributed by atoms with Crippen LogP contribution in [0.1, 0.15) is 16.1 Å². The van der Waals surface area contributed by atoms with Gasteiger partial charge in [-0.1, -0.05) is 36.4 Å². The molecule has 0 spiro atoms. The third-order valence-electron chi connectivity index (χ3n) is 6.30. The molecular weight excluding hydrogens is 516 g/mol. The summed E-state index contributed by atoms with van der Waals surface area (Å²) in [5, 5.41) is 12.4. The number of carboxylic acid groups (broad SMARTS) is 1. The van der Waals surface area contributed by atoms with E-state index in [4.69, 9.17) is 9.40 Å². The third kappa shape index (κ3) is 6.74. The van der Waals surface area contributed by atoms with Crippen LogP contribution in [0.25, 0.3) is 11.4 Å². The molecule has 3 aromatic heterocycles. The van der Waals surface area contributed by atoms with Crippen LogP contribution in [0.3, 0.4) is 0 Å². The normalized spacial score (nSPS) is 14.2. The van der Waals surface area contributed by atoms with Crippen LogP contribution in [0.2, 0.25) is 0 Å². The third-order valence-corrected chi connectivity index (χ3v) is 7.41. The van der Waals surface area contributed by atoms with Crippen LogP contribution >= 0.6 is 11.8 Å². The van der Waals surface area contributed by atoms with Crippen LogP contribution in [-0.2, 0) is 10.5 Å². The highest BCUT2D eigenvalue weighted by molar-refractivity contribution is 7.98. The second kappa shape index (κ2) is 12.4. The summed E-state index contributed by atoms with van der Waals surface area (Å²) >= 11 is 1.45. The number of hydrogen-bond donors (Lipinski definition) is 2. The Bertz CT molecular complexity index is 1380. The number of aromatic nitrogens is 3. The lowest BCUT2D eigenvalue weighted by Gasteiger charge is -2.36. The molecular formula is C28H28N6O4S. The molecule has 1 aliphatic heterocycles. The van der Waals surface area contributed by atoms with Crippen molar-refractivity contribution in [3.63, 3.8) is 0 Å². The first-order chi connectivity index (χ1) is 19.1. The maximum atomic E-state index is 13.3. The summed E-state index contributed by atoms with van der Waals surface area (Å²) in [4.78, 5) is 43.1. The summed E-state index contributed by atoms with van der Waals surface area (Å²) in [5.74, 6) is 1.05. The number of nitrogens with zero attached hydrogens (tertiary/aromatic N) is 5. The lowest BCUT2D eigenvalue weighted by molar-refractivity contribution is -0.138. The van der Waals surface area contributed by atoms with Crippen molar-refractivity contribution >= 4 is 35.3 Å². The van der Waals surface area contributed by atoms with Gasteiger partial charge in [0, 0.05) is 49.9 Å². The van der Waals surface area contributed by atoms with Crippen molar-refractivity contribution in [3.05, 3.63) is 90.6 Å². The average Bonchev–Trinajstić information content (AvgIpc) is 3.53. The molecule has 4 aromatic rings. The summed E-state index contributed by atoms with van der Waals surface area (Å²) in [6.07, 6.45) is 4.81. The number of anilines is 2. The highest BCUT2D eigenvalue weighted by Gasteiger charge is 2.25. The zero-order valence-electron chi connectivity index (χ0n) is 21.1. The molecule has 1 amide bonds. The average molecular weight is 545 g/mol. The molecule has 200 valence electrons. The Hall–Kier alpha value is -4.38. The summed E-state index contributed by atoms with van der Waals surface area (Å²) in [7, 11) is 0. The minimum absolute atomic E-state index is 0.0997. The monoisotopic (exact) mass is 544 g/mol. The molecule has 5 rings (SSSR count). The minimum Gasteiger partial charge on any atom is -0.480 e. The Morgan fingerprint density at radius 3 is 2.38 bits per heavy atom. The van der Waals surface area contributed by atoms with Crippen LogP contribution < -0.4 is 15.1 Å². The number of carboxylic acids is 1. The van der Waals surface area contributed by atoms with Crippen LogP contribution in [0.4, 0.5) is 11.6 Å². The van der Waals surface area contributed by atoms with E-state index in [9.17, 15) is 14.7 Å². The van der Waals surface area contributed by atoms with Gasteiger partial charge in [0.05, 0.1) is 11.8 Å². The van der Waals surface area contributed by atoms with E-state index >= 15 is 0 Å². The Morgan fingerprint density at radius 1 is 0.974 bits per heavy atom. The van der Waals surface area contributed by atoms with Crippen molar-refractivity contribution in [1.29, 1.82) is 0 Å².